The van der Waals surface area contributed by atoms with Gasteiger partial charge in [-0.2, -0.15) is 0 Å². The molecule has 0 saturated carbocycles. The molecule has 0 radical (unpaired) electrons. The molecule has 2 atom stereocenters. The fourth-order valence-electron chi connectivity index (χ4n) is 3.26. The first-order chi connectivity index (χ1) is 13.6. The predicted molar refractivity (Wildman–Crippen MR) is 98.8 cm³/mol. The van der Waals surface area contributed by atoms with Crippen LogP contribution in [0.5, 0.6) is 0 Å². The molecule has 1 aliphatic heterocycles. The summed E-state index contributed by atoms with van der Waals surface area (Å²) >= 11 is 0. The number of hydrogen-bond donors (Lipinski definition) is 2. The van der Waals surface area contributed by atoms with Gasteiger partial charge in [0.25, 0.3) is 5.56 Å². The fourth-order valence-corrected chi connectivity index (χ4v) is 3.26. The van der Waals surface area contributed by atoms with Gasteiger partial charge in [0.05, 0.1) is 18.4 Å². The highest BCUT2D eigenvalue weighted by atomic mass is 16.5. The van der Waals surface area contributed by atoms with Crippen LogP contribution in [0, 0.1) is 0 Å². The summed E-state index contributed by atoms with van der Waals surface area (Å²) in [4.78, 5) is 32.9. The molecule has 1 unspecified atom stereocenters. The summed E-state index contributed by atoms with van der Waals surface area (Å²) in [5.74, 6) is -0.292. The van der Waals surface area contributed by atoms with Crippen LogP contribution in [0.2, 0.25) is 0 Å². The second-order valence-electron chi connectivity index (χ2n) is 6.38. The van der Waals surface area contributed by atoms with Crippen LogP contribution in [0.25, 0.3) is 11.5 Å². The molecule has 28 heavy (non-hydrogen) atoms. The van der Waals surface area contributed by atoms with Crippen molar-refractivity contribution in [3.63, 3.8) is 0 Å². The number of anilines is 1. The van der Waals surface area contributed by atoms with Crippen molar-refractivity contribution in [3.05, 3.63) is 64.7 Å². The van der Waals surface area contributed by atoms with Gasteiger partial charge in [-0.3, -0.25) is 9.36 Å². The van der Waals surface area contributed by atoms with E-state index in [-0.39, 0.29) is 18.7 Å². The summed E-state index contributed by atoms with van der Waals surface area (Å²) in [5, 5.41) is 12.4. The molecule has 0 fully saturated rings. The molecule has 0 spiro atoms. The Kier molecular flexibility index (Phi) is 4.66. The molecule has 4 rings (SSSR count). The first-order valence-corrected chi connectivity index (χ1v) is 8.69. The Hall–Kier alpha value is -3.46. The summed E-state index contributed by atoms with van der Waals surface area (Å²) in [6.07, 6.45) is 2.55. The van der Waals surface area contributed by atoms with Gasteiger partial charge in [0.15, 0.2) is 0 Å². The summed E-state index contributed by atoms with van der Waals surface area (Å²) in [6, 6.07) is 8.46. The van der Waals surface area contributed by atoms with Crippen molar-refractivity contribution in [1.82, 2.24) is 14.5 Å². The first kappa shape index (κ1) is 17.9. The van der Waals surface area contributed by atoms with Gasteiger partial charge in [0, 0.05) is 19.1 Å². The minimum absolute atomic E-state index is 0.168. The highest BCUT2D eigenvalue weighted by Gasteiger charge is 2.38. The molecule has 9 heteroatoms. The van der Waals surface area contributed by atoms with E-state index in [4.69, 9.17) is 9.15 Å². The Morgan fingerprint density at radius 2 is 2.18 bits per heavy atom. The van der Waals surface area contributed by atoms with E-state index in [0.29, 0.717) is 17.4 Å². The lowest BCUT2D eigenvalue weighted by atomic mass is 10.2. The standard InChI is InChI=1S/C19H18N4O5/c1-27-15-7-14(19(25)26)23-16(15)21-9-13(18(23)24)20-8-12-10-28-17(22-12)11-5-3-2-4-6-11/h2-6,9-10,14-15,20H,7-8H2,1H3,(H,25,26)/t14-,15?/m0/s1. The summed E-state index contributed by atoms with van der Waals surface area (Å²) in [7, 11) is 1.46. The molecule has 0 amide bonds. The van der Waals surface area contributed by atoms with E-state index in [9.17, 15) is 14.7 Å². The monoisotopic (exact) mass is 382 g/mol. The number of methoxy groups -OCH3 is 1. The van der Waals surface area contributed by atoms with Crippen molar-refractivity contribution in [3.8, 4) is 11.5 Å². The van der Waals surface area contributed by atoms with Crippen molar-refractivity contribution in [2.45, 2.75) is 25.1 Å². The van der Waals surface area contributed by atoms with Gasteiger partial charge >= 0.3 is 5.97 Å². The Morgan fingerprint density at radius 1 is 1.39 bits per heavy atom. The van der Waals surface area contributed by atoms with Crippen LogP contribution in [0.15, 0.2) is 52.0 Å². The topological polar surface area (TPSA) is 119 Å². The van der Waals surface area contributed by atoms with Gasteiger partial charge in [0.1, 0.15) is 29.9 Å². The minimum atomic E-state index is -1.09. The van der Waals surface area contributed by atoms with E-state index < -0.39 is 23.7 Å². The van der Waals surface area contributed by atoms with Gasteiger partial charge in [-0.1, -0.05) is 18.2 Å². The highest BCUT2D eigenvalue weighted by molar-refractivity contribution is 5.73. The van der Waals surface area contributed by atoms with E-state index in [2.05, 4.69) is 15.3 Å². The summed E-state index contributed by atoms with van der Waals surface area (Å²) in [6.45, 7) is 0.234. The molecule has 9 nitrogen and oxygen atoms in total. The molecule has 0 saturated heterocycles. The molecular formula is C19H18N4O5. The Bertz CT molecular complexity index is 1060. The molecular weight excluding hydrogens is 364 g/mol. The predicted octanol–water partition coefficient (Wildman–Crippen LogP) is 2.23. The quantitative estimate of drug-likeness (QED) is 0.666. The lowest BCUT2D eigenvalue weighted by Gasteiger charge is -2.11. The van der Waals surface area contributed by atoms with E-state index in [1.54, 1.807) is 0 Å². The van der Waals surface area contributed by atoms with E-state index >= 15 is 0 Å². The third-order valence-corrected chi connectivity index (χ3v) is 4.66. The number of ether oxygens (including phenoxy) is 1. The number of oxazole rings is 1. The Balaban J connectivity index is 1.55. The minimum Gasteiger partial charge on any atom is -0.480 e. The largest absolute Gasteiger partial charge is 0.480 e. The first-order valence-electron chi connectivity index (χ1n) is 8.69. The van der Waals surface area contributed by atoms with E-state index in [1.807, 2.05) is 30.3 Å². The van der Waals surface area contributed by atoms with Crippen molar-refractivity contribution in [2.75, 3.05) is 12.4 Å². The maximum Gasteiger partial charge on any atom is 0.326 e. The molecule has 144 valence electrons. The maximum atomic E-state index is 12.8. The number of fused-ring (bicyclic) bond motifs is 1. The van der Waals surface area contributed by atoms with Gasteiger partial charge in [-0.05, 0) is 12.1 Å². The number of aliphatic carboxylic acids is 1. The number of carbonyl (C=O) groups is 1. The molecule has 3 heterocycles. The SMILES string of the molecule is COC1C[C@@H](C(=O)O)n2c1ncc(NCc1coc(-c3ccccc3)n1)c2=O. The zero-order valence-corrected chi connectivity index (χ0v) is 15.0. The second-order valence-corrected chi connectivity index (χ2v) is 6.38. The second kappa shape index (κ2) is 7.28. The van der Waals surface area contributed by atoms with Crippen LogP contribution in [-0.2, 0) is 16.1 Å². The maximum absolute atomic E-state index is 12.8. The van der Waals surface area contributed by atoms with Crippen LogP contribution in [0.4, 0.5) is 5.69 Å². The van der Waals surface area contributed by atoms with Crippen molar-refractivity contribution in [2.24, 2.45) is 0 Å². The number of aromatic nitrogens is 3. The average Bonchev–Trinajstić information content (AvgIpc) is 3.33. The summed E-state index contributed by atoms with van der Waals surface area (Å²) in [5.41, 5.74) is 1.19. The number of hydrogen-bond acceptors (Lipinski definition) is 7. The van der Waals surface area contributed by atoms with Crippen molar-refractivity contribution < 1.29 is 19.1 Å². The average molecular weight is 382 g/mol. The number of nitrogens with one attached hydrogen (secondary N) is 1. The Morgan fingerprint density at radius 3 is 2.89 bits per heavy atom. The lowest BCUT2D eigenvalue weighted by molar-refractivity contribution is -0.141. The zero-order valence-electron chi connectivity index (χ0n) is 15.0. The number of carboxylic acid groups (broad SMARTS) is 1. The smallest absolute Gasteiger partial charge is 0.326 e. The van der Waals surface area contributed by atoms with Gasteiger partial charge in [0.2, 0.25) is 5.89 Å². The van der Waals surface area contributed by atoms with Crippen LogP contribution < -0.4 is 10.9 Å². The molecule has 1 aromatic carbocycles. The van der Waals surface area contributed by atoms with Crippen LogP contribution >= 0.6 is 0 Å². The van der Waals surface area contributed by atoms with Crippen LogP contribution in [0.3, 0.4) is 0 Å². The number of benzene rings is 1. The molecule has 0 bridgehead atoms. The number of carboxylic acids is 1. The third-order valence-electron chi connectivity index (χ3n) is 4.66. The normalized spacial score (nSPS) is 18.0. The molecule has 2 aromatic heterocycles. The van der Waals surface area contributed by atoms with Crippen molar-refractivity contribution >= 4 is 11.7 Å². The van der Waals surface area contributed by atoms with Crippen LogP contribution in [0.1, 0.15) is 30.1 Å². The highest BCUT2D eigenvalue weighted by Crippen LogP contribution is 2.34. The zero-order chi connectivity index (χ0) is 19.7. The molecule has 3 aromatic rings. The van der Waals surface area contributed by atoms with E-state index in [1.165, 1.54) is 24.1 Å². The van der Waals surface area contributed by atoms with Gasteiger partial charge in [-0.25, -0.2) is 14.8 Å². The van der Waals surface area contributed by atoms with Gasteiger partial charge < -0.3 is 19.6 Å². The summed E-state index contributed by atoms with van der Waals surface area (Å²) < 4.78 is 11.9. The van der Waals surface area contributed by atoms with Crippen molar-refractivity contribution in [1.29, 1.82) is 0 Å². The number of nitrogens with zero attached hydrogens (tertiary/aromatic N) is 3. The number of rotatable bonds is 6. The molecule has 2 N–H and O–H groups in total. The Labute approximate surface area is 159 Å². The van der Waals surface area contributed by atoms with Crippen LogP contribution in [-0.4, -0.2) is 32.7 Å². The van der Waals surface area contributed by atoms with Gasteiger partial charge in [-0.15, -0.1) is 0 Å². The third kappa shape index (κ3) is 3.16. The van der Waals surface area contributed by atoms with E-state index in [0.717, 1.165) is 5.56 Å². The molecule has 0 aliphatic carbocycles. The lowest BCUT2D eigenvalue weighted by Crippen LogP contribution is -2.30. The molecule has 1 aliphatic rings. The fraction of sp³-hybridized carbons (Fsp3) is 0.263.